The van der Waals surface area contributed by atoms with Crippen LogP contribution in [0.25, 0.3) is 0 Å². The lowest BCUT2D eigenvalue weighted by molar-refractivity contribution is 0.262. The monoisotopic (exact) mass is 272 g/mol. The molecule has 0 saturated heterocycles. The number of hydrogen-bond donors (Lipinski definition) is 2. The zero-order chi connectivity index (χ0) is 14.5. The second-order valence-electron chi connectivity index (χ2n) is 4.52. The summed E-state index contributed by atoms with van der Waals surface area (Å²) in [6.07, 6.45) is 0.816. The molecule has 2 N–H and O–H groups in total. The van der Waals surface area contributed by atoms with Crippen LogP contribution >= 0.6 is 0 Å². The van der Waals surface area contributed by atoms with Gasteiger partial charge in [-0.15, -0.1) is 0 Å². The van der Waals surface area contributed by atoms with Crippen LogP contribution < -0.4 is 10.6 Å². The van der Waals surface area contributed by atoms with Gasteiger partial charge in [0.15, 0.2) is 0 Å². The molecule has 3 nitrogen and oxygen atoms in total. The fourth-order valence-corrected chi connectivity index (χ4v) is 2.03. The van der Waals surface area contributed by atoms with Gasteiger partial charge >= 0.3 is 6.03 Å². The summed E-state index contributed by atoms with van der Waals surface area (Å²) in [6.45, 7) is 3.95. The maximum absolute atomic E-state index is 13.5. The SMILES string of the molecule is CCc1cccc(C)c1NC(=O)Nc1ccccc1F. The highest BCUT2D eigenvalue weighted by Crippen LogP contribution is 2.21. The molecule has 2 aromatic carbocycles. The van der Waals surface area contributed by atoms with E-state index < -0.39 is 11.8 Å². The lowest BCUT2D eigenvalue weighted by Gasteiger charge is -2.14. The summed E-state index contributed by atoms with van der Waals surface area (Å²) in [5, 5.41) is 5.30. The maximum atomic E-state index is 13.5. The topological polar surface area (TPSA) is 41.1 Å². The minimum atomic E-state index is -0.455. The number of nitrogens with one attached hydrogen (secondary N) is 2. The van der Waals surface area contributed by atoms with E-state index in [1.807, 2.05) is 32.0 Å². The van der Waals surface area contributed by atoms with E-state index in [0.29, 0.717) is 0 Å². The number of hydrogen-bond acceptors (Lipinski definition) is 1. The van der Waals surface area contributed by atoms with Crippen molar-refractivity contribution in [1.82, 2.24) is 0 Å². The number of halogens is 1. The quantitative estimate of drug-likeness (QED) is 0.857. The second-order valence-corrected chi connectivity index (χ2v) is 4.52. The van der Waals surface area contributed by atoms with Gasteiger partial charge in [0.05, 0.1) is 5.69 Å². The molecule has 2 amide bonds. The largest absolute Gasteiger partial charge is 0.323 e. The highest BCUT2D eigenvalue weighted by molar-refractivity contribution is 6.00. The number of benzene rings is 2. The summed E-state index contributed by atoms with van der Waals surface area (Å²) >= 11 is 0. The molecule has 2 rings (SSSR count). The van der Waals surface area contributed by atoms with Crippen molar-refractivity contribution in [3.63, 3.8) is 0 Å². The minimum absolute atomic E-state index is 0.164. The number of carbonyl (C=O) groups excluding carboxylic acids is 1. The molecule has 4 heteroatoms. The number of anilines is 2. The molecule has 0 saturated carbocycles. The number of amides is 2. The normalized spacial score (nSPS) is 10.2. The lowest BCUT2D eigenvalue weighted by Crippen LogP contribution is -2.21. The summed E-state index contributed by atoms with van der Waals surface area (Å²) in [6, 6.07) is 11.5. The molecular formula is C16H17FN2O. The standard InChI is InChI=1S/C16H17FN2O/c1-3-12-8-6-7-11(2)15(12)19-16(20)18-14-10-5-4-9-13(14)17/h4-10H,3H2,1-2H3,(H2,18,19,20). The fraction of sp³-hybridized carbons (Fsp3) is 0.188. The van der Waals surface area contributed by atoms with Crippen LogP contribution in [0.15, 0.2) is 42.5 Å². The van der Waals surface area contributed by atoms with Crippen LogP contribution in [-0.4, -0.2) is 6.03 Å². The molecule has 0 aliphatic heterocycles. The third-order valence-electron chi connectivity index (χ3n) is 3.10. The number of carbonyl (C=O) groups is 1. The van der Waals surface area contributed by atoms with Crippen LogP contribution in [0, 0.1) is 12.7 Å². The average Bonchev–Trinajstić information content (AvgIpc) is 2.43. The van der Waals surface area contributed by atoms with Crippen LogP contribution in [-0.2, 0) is 6.42 Å². The average molecular weight is 272 g/mol. The van der Waals surface area contributed by atoms with E-state index in [1.54, 1.807) is 12.1 Å². The van der Waals surface area contributed by atoms with Crippen molar-refractivity contribution < 1.29 is 9.18 Å². The Labute approximate surface area is 117 Å². The maximum Gasteiger partial charge on any atom is 0.323 e. The first kappa shape index (κ1) is 14.1. The summed E-state index contributed by atoms with van der Waals surface area (Å²) in [5.41, 5.74) is 2.97. The van der Waals surface area contributed by atoms with Crippen molar-refractivity contribution >= 4 is 17.4 Å². The Kier molecular flexibility index (Phi) is 4.35. The molecule has 0 unspecified atom stereocenters. The van der Waals surface area contributed by atoms with Crippen molar-refractivity contribution in [2.75, 3.05) is 10.6 Å². The summed E-state index contributed by atoms with van der Waals surface area (Å²) in [4.78, 5) is 12.0. The smallest absolute Gasteiger partial charge is 0.307 e. The Balaban J connectivity index is 2.15. The van der Waals surface area contributed by atoms with Gasteiger partial charge in [-0.3, -0.25) is 0 Å². The van der Waals surface area contributed by atoms with Crippen LogP contribution in [0.4, 0.5) is 20.6 Å². The Morgan fingerprint density at radius 3 is 2.55 bits per heavy atom. The molecule has 20 heavy (non-hydrogen) atoms. The highest BCUT2D eigenvalue weighted by Gasteiger charge is 2.10. The number of rotatable bonds is 3. The number of aryl methyl sites for hydroxylation is 2. The second kappa shape index (κ2) is 6.19. The molecule has 104 valence electrons. The van der Waals surface area contributed by atoms with Crippen LogP contribution in [0.1, 0.15) is 18.1 Å². The van der Waals surface area contributed by atoms with Gasteiger partial charge in [-0.2, -0.15) is 0 Å². The first-order chi connectivity index (χ1) is 9.61. The lowest BCUT2D eigenvalue weighted by atomic mass is 10.1. The van der Waals surface area contributed by atoms with Gasteiger partial charge in [0.25, 0.3) is 0 Å². The van der Waals surface area contributed by atoms with Crippen molar-refractivity contribution in [2.24, 2.45) is 0 Å². The summed E-state index contributed by atoms with van der Waals surface area (Å²) < 4.78 is 13.5. The first-order valence-corrected chi connectivity index (χ1v) is 6.53. The summed E-state index contributed by atoms with van der Waals surface area (Å²) in [5.74, 6) is -0.455. The van der Waals surface area contributed by atoms with E-state index in [1.165, 1.54) is 12.1 Å². The van der Waals surface area contributed by atoms with Gasteiger partial charge in [-0.05, 0) is 36.6 Å². The Bertz CT molecular complexity index is 626. The molecule has 2 aromatic rings. The van der Waals surface area contributed by atoms with Gasteiger partial charge in [0.1, 0.15) is 5.82 Å². The Hall–Kier alpha value is -2.36. The summed E-state index contributed by atoms with van der Waals surface area (Å²) in [7, 11) is 0. The van der Waals surface area contributed by atoms with Crippen LogP contribution in [0.2, 0.25) is 0 Å². The third-order valence-corrected chi connectivity index (χ3v) is 3.10. The van der Waals surface area contributed by atoms with E-state index in [0.717, 1.165) is 23.2 Å². The number of urea groups is 1. The first-order valence-electron chi connectivity index (χ1n) is 6.53. The van der Waals surface area contributed by atoms with E-state index >= 15 is 0 Å². The molecule has 0 aliphatic rings. The molecule has 0 radical (unpaired) electrons. The van der Waals surface area contributed by atoms with Gasteiger partial charge in [0, 0.05) is 5.69 Å². The molecule has 0 heterocycles. The van der Waals surface area contributed by atoms with Crippen LogP contribution in [0.5, 0.6) is 0 Å². The molecular weight excluding hydrogens is 255 g/mol. The molecule has 0 fully saturated rings. The van der Waals surface area contributed by atoms with Gasteiger partial charge in [-0.1, -0.05) is 37.3 Å². The van der Waals surface area contributed by atoms with E-state index in [9.17, 15) is 9.18 Å². The molecule has 0 spiro atoms. The third kappa shape index (κ3) is 3.15. The predicted molar refractivity (Wildman–Crippen MR) is 79.6 cm³/mol. The van der Waals surface area contributed by atoms with Gasteiger partial charge < -0.3 is 10.6 Å². The number of para-hydroxylation sites is 2. The van der Waals surface area contributed by atoms with Crippen molar-refractivity contribution in [3.05, 3.63) is 59.4 Å². The van der Waals surface area contributed by atoms with E-state index in [4.69, 9.17) is 0 Å². The van der Waals surface area contributed by atoms with E-state index in [2.05, 4.69) is 10.6 Å². The zero-order valence-electron chi connectivity index (χ0n) is 11.5. The zero-order valence-corrected chi connectivity index (χ0v) is 11.5. The van der Waals surface area contributed by atoms with Gasteiger partial charge in [0.2, 0.25) is 0 Å². The molecule has 0 bridgehead atoms. The molecule has 0 aromatic heterocycles. The van der Waals surface area contributed by atoms with E-state index in [-0.39, 0.29) is 5.69 Å². The molecule has 0 aliphatic carbocycles. The Morgan fingerprint density at radius 2 is 1.85 bits per heavy atom. The van der Waals surface area contributed by atoms with Crippen molar-refractivity contribution in [3.8, 4) is 0 Å². The van der Waals surface area contributed by atoms with Crippen molar-refractivity contribution in [2.45, 2.75) is 20.3 Å². The Morgan fingerprint density at radius 1 is 1.10 bits per heavy atom. The minimum Gasteiger partial charge on any atom is -0.307 e. The molecule has 0 atom stereocenters. The fourth-order valence-electron chi connectivity index (χ4n) is 2.03. The van der Waals surface area contributed by atoms with Crippen molar-refractivity contribution in [1.29, 1.82) is 0 Å². The predicted octanol–water partition coefficient (Wildman–Crippen LogP) is 4.34. The van der Waals surface area contributed by atoms with Gasteiger partial charge in [-0.25, -0.2) is 9.18 Å². The highest BCUT2D eigenvalue weighted by atomic mass is 19.1. The van der Waals surface area contributed by atoms with Crippen LogP contribution in [0.3, 0.4) is 0 Å².